The van der Waals surface area contributed by atoms with E-state index in [4.69, 9.17) is 0 Å². The minimum Gasteiger partial charge on any atom is -0.355 e. The maximum atomic E-state index is 13.9. The number of aromatic nitrogens is 2. The predicted molar refractivity (Wildman–Crippen MR) is 129 cm³/mol. The molecule has 33 heavy (non-hydrogen) atoms. The third-order valence-corrected chi connectivity index (χ3v) is 6.13. The Hall–Kier alpha value is -3.77. The van der Waals surface area contributed by atoms with Gasteiger partial charge in [0.1, 0.15) is 11.6 Å². The van der Waals surface area contributed by atoms with E-state index in [1.807, 2.05) is 54.1 Å². The van der Waals surface area contributed by atoms with Gasteiger partial charge >= 0.3 is 0 Å². The van der Waals surface area contributed by atoms with Crippen LogP contribution in [0.5, 0.6) is 0 Å². The number of nitrogens with zero attached hydrogens (tertiary/aromatic N) is 3. The Morgan fingerprint density at radius 2 is 1.52 bits per heavy atom. The van der Waals surface area contributed by atoms with Crippen molar-refractivity contribution >= 4 is 11.6 Å². The second kappa shape index (κ2) is 9.00. The first kappa shape index (κ1) is 21.1. The Kier molecular flexibility index (Phi) is 5.75. The maximum Gasteiger partial charge on any atom is 0.210 e. The van der Waals surface area contributed by atoms with E-state index < -0.39 is 0 Å². The number of piperazine rings is 1. The summed E-state index contributed by atoms with van der Waals surface area (Å²) in [6, 6.07) is 19.6. The summed E-state index contributed by atoms with van der Waals surface area (Å²) in [7, 11) is 1.95. The molecule has 1 aliphatic heterocycles. The quantitative estimate of drug-likeness (QED) is 0.463. The standard InChI is InChI=1S/C27H25FN4O/c1-31-25(26(33)21-5-3-2-4-6-21)23(19-7-9-22(28)10-8-19)24(20-11-13-29-14-12-20)27(31)32-17-15-30-16-18-32/h2-14,30H,15-18H2,1H3. The van der Waals surface area contributed by atoms with Crippen LogP contribution < -0.4 is 10.2 Å². The maximum absolute atomic E-state index is 13.9. The van der Waals surface area contributed by atoms with E-state index in [-0.39, 0.29) is 11.6 Å². The molecule has 0 unspecified atom stereocenters. The average Bonchev–Trinajstić information content (AvgIpc) is 3.18. The zero-order valence-electron chi connectivity index (χ0n) is 18.5. The van der Waals surface area contributed by atoms with E-state index in [1.165, 1.54) is 12.1 Å². The lowest BCUT2D eigenvalue weighted by Gasteiger charge is -2.31. The lowest BCUT2D eigenvalue weighted by atomic mass is 9.93. The number of hydrogen-bond acceptors (Lipinski definition) is 4. The zero-order chi connectivity index (χ0) is 22.8. The van der Waals surface area contributed by atoms with Gasteiger partial charge in [0.25, 0.3) is 0 Å². The lowest BCUT2D eigenvalue weighted by Crippen LogP contribution is -2.44. The van der Waals surface area contributed by atoms with Crippen LogP contribution in [0.2, 0.25) is 0 Å². The van der Waals surface area contributed by atoms with E-state index in [9.17, 15) is 9.18 Å². The Morgan fingerprint density at radius 3 is 2.18 bits per heavy atom. The molecule has 1 aliphatic rings. The van der Waals surface area contributed by atoms with E-state index in [1.54, 1.807) is 24.5 Å². The number of halogens is 1. The third-order valence-electron chi connectivity index (χ3n) is 6.13. The molecule has 5 rings (SSSR count). The van der Waals surface area contributed by atoms with Crippen molar-refractivity contribution in [2.24, 2.45) is 7.05 Å². The number of rotatable bonds is 5. The van der Waals surface area contributed by atoms with Gasteiger partial charge in [0.2, 0.25) is 5.78 Å². The van der Waals surface area contributed by atoms with E-state index in [0.717, 1.165) is 54.3 Å². The van der Waals surface area contributed by atoms with Crippen molar-refractivity contribution in [3.8, 4) is 22.3 Å². The molecule has 0 spiro atoms. The molecule has 1 saturated heterocycles. The number of benzene rings is 2. The summed E-state index contributed by atoms with van der Waals surface area (Å²) >= 11 is 0. The SMILES string of the molecule is Cn1c(C(=O)c2ccccc2)c(-c2ccc(F)cc2)c(-c2ccncc2)c1N1CCNCC1. The zero-order valence-corrected chi connectivity index (χ0v) is 18.5. The fourth-order valence-electron chi connectivity index (χ4n) is 4.60. The summed E-state index contributed by atoms with van der Waals surface area (Å²) in [5.74, 6) is 0.619. The molecule has 0 amide bonds. The van der Waals surface area contributed by atoms with Crippen LogP contribution in [0.15, 0.2) is 79.1 Å². The summed E-state index contributed by atoms with van der Waals surface area (Å²) in [6.07, 6.45) is 3.52. The molecule has 0 radical (unpaired) electrons. The molecule has 0 saturated carbocycles. The van der Waals surface area contributed by atoms with Gasteiger partial charge in [-0.05, 0) is 35.4 Å². The van der Waals surface area contributed by atoms with Crippen LogP contribution in [0, 0.1) is 5.82 Å². The minimum atomic E-state index is -0.307. The van der Waals surface area contributed by atoms with Crippen molar-refractivity contribution in [3.05, 3.63) is 96.2 Å². The highest BCUT2D eigenvalue weighted by Crippen LogP contribution is 2.44. The Bertz CT molecular complexity index is 1260. The van der Waals surface area contributed by atoms with Crippen LogP contribution in [0.25, 0.3) is 22.3 Å². The predicted octanol–water partition coefficient (Wildman–Crippen LogP) is 4.53. The first-order valence-corrected chi connectivity index (χ1v) is 11.1. The van der Waals surface area contributed by atoms with Gasteiger partial charge in [-0.25, -0.2) is 4.39 Å². The van der Waals surface area contributed by atoms with Gasteiger partial charge in [-0.2, -0.15) is 0 Å². The van der Waals surface area contributed by atoms with Crippen LogP contribution in [-0.4, -0.2) is 41.5 Å². The van der Waals surface area contributed by atoms with Gasteiger partial charge in [0, 0.05) is 62.3 Å². The van der Waals surface area contributed by atoms with Crippen molar-refractivity contribution < 1.29 is 9.18 Å². The minimum absolute atomic E-state index is 0.0610. The molecule has 3 heterocycles. The Morgan fingerprint density at radius 1 is 0.879 bits per heavy atom. The first-order chi connectivity index (χ1) is 16.1. The molecule has 0 aliphatic carbocycles. The fraction of sp³-hybridized carbons (Fsp3) is 0.185. The Balaban J connectivity index is 1.83. The molecule has 0 bridgehead atoms. The van der Waals surface area contributed by atoms with E-state index in [2.05, 4.69) is 15.2 Å². The van der Waals surface area contributed by atoms with Crippen molar-refractivity contribution in [2.45, 2.75) is 0 Å². The van der Waals surface area contributed by atoms with Gasteiger partial charge in [-0.15, -0.1) is 0 Å². The normalized spacial score (nSPS) is 13.8. The summed E-state index contributed by atoms with van der Waals surface area (Å²) in [5, 5.41) is 3.40. The summed E-state index contributed by atoms with van der Waals surface area (Å²) < 4.78 is 15.8. The molecule has 1 N–H and O–H groups in total. The lowest BCUT2D eigenvalue weighted by molar-refractivity contribution is 0.103. The van der Waals surface area contributed by atoms with Gasteiger partial charge in [-0.1, -0.05) is 42.5 Å². The highest BCUT2D eigenvalue weighted by Gasteiger charge is 2.31. The second-order valence-electron chi connectivity index (χ2n) is 8.16. The van der Waals surface area contributed by atoms with Crippen LogP contribution >= 0.6 is 0 Å². The number of nitrogens with one attached hydrogen (secondary N) is 1. The van der Waals surface area contributed by atoms with Crippen LogP contribution in [0.3, 0.4) is 0 Å². The highest BCUT2D eigenvalue weighted by molar-refractivity contribution is 6.15. The van der Waals surface area contributed by atoms with E-state index in [0.29, 0.717) is 11.3 Å². The molecular weight excluding hydrogens is 415 g/mol. The van der Waals surface area contributed by atoms with Crippen LogP contribution in [-0.2, 0) is 7.05 Å². The molecule has 2 aromatic carbocycles. The molecule has 4 aromatic rings. The summed E-state index contributed by atoms with van der Waals surface area (Å²) in [4.78, 5) is 20.4. The third kappa shape index (κ3) is 3.94. The van der Waals surface area contributed by atoms with Gasteiger partial charge in [0.05, 0.1) is 5.69 Å². The number of ketones is 1. The van der Waals surface area contributed by atoms with E-state index >= 15 is 0 Å². The molecule has 0 atom stereocenters. The van der Waals surface area contributed by atoms with Gasteiger partial charge in [-0.3, -0.25) is 9.78 Å². The van der Waals surface area contributed by atoms with Crippen LogP contribution in [0.1, 0.15) is 16.1 Å². The second-order valence-corrected chi connectivity index (χ2v) is 8.16. The topological polar surface area (TPSA) is 50.2 Å². The van der Waals surface area contributed by atoms with Gasteiger partial charge < -0.3 is 14.8 Å². The van der Waals surface area contributed by atoms with Crippen molar-refractivity contribution in [2.75, 3.05) is 31.1 Å². The monoisotopic (exact) mass is 440 g/mol. The first-order valence-electron chi connectivity index (χ1n) is 11.1. The van der Waals surface area contributed by atoms with Crippen LogP contribution in [0.4, 0.5) is 10.2 Å². The molecule has 5 nitrogen and oxygen atoms in total. The largest absolute Gasteiger partial charge is 0.355 e. The summed E-state index contributed by atoms with van der Waals surface area (Å²) in [5.41, 5.74) is 4.77. The molecule has 2 aromatic heterocycles. The molecular formula is C27H25FN4O. The average molecular weight is 441 g/mol. The summed E-state index contributed by atoms with van der Waals surface area (Å²) in [6.45, 7) is 3.40. The highest BCUT2D eigenvalue weighted by atomic mass is 19.1. The fourth-order valence-corrected chi connectivity index (χ4v) is 4.60. The molecule has 1 fully saturated rings. The van der Waals surface area contributed by atoms with Gasteiger partial charge in [0.15, 0.2) is 0 Å². The van der Waals surface area contributed by atoms with Crippen molar-refractivity contribution in [1.29, 1.82) is 0 Å². The molecule has 6 heteroatoms. The number of anilines is 1. The number of pyridine rings is 1. The number of carbonyl (C=O) groups excluding carboxylic acids is 1. The van der Waals surface area contributed by atoms with Crippen molar-refractivity contribution in [3.63, 3.8) is 0 Å². The smallest absolute Gasteiger partial charge is 0.210 e. The number of hydrogen-bond donors (Lipinski definition) is 1. The molecule has 166 valence electrons. The van der Waals surface area contributed by atoms with Crippen molar-refractivity contribution in [1.82, 2.24) is 14.9 Å². The number of carbonyl (C=O) groups is 1. The Labute approximate surface area is 192 Å².